The summed E-state index contributed by atoms with van der Waals surface area (Å²) in [6, 6.07) is 4.62. The second-order valence-corrected chi connectivity index (χ2v) is 4.73. The Kier molecular flexibility index (Phi) is 3.43. The molecule has 0 saturated heterocycles. The SMILES string of the molecule is O=C1CCCC1Cc1ccc(Cl)cc1[N+](=O)[O-]. The molecule has 0 amide bonds. The Morgan fingerprint density at radius 1 is 1.47 bits per heavy atom. The molecule has 2 rings (SSSR count). The van der Waals surface area contributed by atoms with Crippen molar-refractivity contribution in [3.63, 3.8) is 0 Å². The van der Waals surface area contributed by atoms with Crippen LogP contribution in [0.3, 0.4) is 0 Å². The van der Waals surface area contributed by atoms with E-state index >= 15 is 0 Å². The fourth-order valence-electron chi connectivity index (χ4n) is 2.25. The number of Topliss-reactive ketones (excluding diaryl/α,β-unsaturated/α-hetero) is 1. The Labute approximate surface area is 104 Å². The number of carbonyl (C=O) groups is 1. The van der Waals surface area contributed by atoms with Crippen molar-refractivity contribution in [3.8, 4) is 0 Å². The van der Waals surface area contributed by atoms with Crippen LogP contribution in [0.25, 0.3) is 0 Å². The smallest absolute Gasteiger partial charge is 0.274 e. The molecule has 0 N–H and O–H groups in total. The van der Waals surface area contributed by atoms with Crippen molar-refractivity contribution in [2.45, 2.75) is 25.7 Å². The molecule has 5 heteroatoms. The van der Waals surface area contributed by atoms with E-state index in [1.165, 1.54) is 6.07 Å². The highest BCUT2D eigenvalue weighted by Crippen LogP contribution is 2.30. The first kappa shape index (κ1) is 12.0. The lowest BCUT2D eigenvalue weighted by Gasteiger charge is -2.08. The van der Waals surface area contributed by atoms with Crippen LogP contribution >= 0.6 is 11.6 Å². The zero-order valence-corrected chi connectivity index (χ0v) is 9.94. The monoisotopic (exact) mass is 253 g/mol. The van der Waals surface area contributed by atoms with Gasteiger partial charge in [-0.1, -0.05) is 17.7 Å². The van der Waals surface area contributed by atoms with Gasteiger partial charge in [0.15, 0.2) is 0 Å². The molecular weight excluding hydrogens is 242 g/mol. The summed E-state index contributed by atoms with van der Waals surface area (Å²) >= 11 is 5.73. The Morgan fingerprint density at radius 3 is 2.82 bits per heavy atom. The lowest BCUT2D eigenvalue weighted by atomic mass is 9.96. The van der Waals surface area contributed by atoms with Crippen molar-refractivity contribution in [1.82, 2.24) is 0 Å². The first-order valence-corrected chi connectivity index (χ1v) is 5.91. The molecule has 0 heterocycles. The highest BCUT2D eigenvalue weighted by molar-refractivity contribution is 6.30. The molecule has 17 heavy (non-hydrogen) atoms. The highest BCUT2D eigenvalue weighted by atomic mass is 35.5. The molecule has 1 aliphatic carbocycles. The summed E-state index contributed by atoms with van der Waals surface area (Å²) in [5.74, 6) is 0.157. The van der Waals surface area contributed by atoms with Gasteiger partial charge in [-0.2, -0.15) is 0 Å². The van der Waals surface area contributed by atoms with Gasteiger partial charge in [-0.15, -0.1) is 0 Å². The van der Waals surface area contributed by atoms with Crippen molar-refractivity contribution in [3.05, 3.63) is 38.9 Å². The molecule has 0 aromatic heterocycles. The normalized spacial score (nSPS) is 19.6. The van der Waals surface area contributed by atoms with E-state index in [0.29, 0.717) is 23.4 Å². The van der Waals surface area contributed by atoms with E-state index in [1.54, 1.807) is 12.1 Å². The molecule has 0 spiro atoms. The number of benzene rings is 1. The third kappa shape index (κ3) is 2.64. The van der Waals surface area contributed by atoms with E-state index in [4.69, 9.17) is 11.6 Å². The summed E-state index contributed by atoms with van der Waals surface area (Å²) in [4.78, 5) is 22.0. The largest absolute Gasteiger partial charge is 0.299 e. The molecule has 0 radical (unpaired) electrons. The number of nitro groups is 1. The average Bonchev–Trinajstić information content (AvgIpc) is 2.67. The second-order valence-electron chi connectivity index (χ2n) is 4.29. The van der Waals surface area contributed by atoms with Gasteiger partial charge in [-0.3, -0.25) is 14.9 Å². The first-order valence-electron chi connectivity index (χ1n) is 5.53. The fourth-order valence-corrected chi connectivity index (χ4v) is 2.42. The molecule has 0 bridgehead atoms. The molecule has 1 aromatic rings. The van der Waals surface area contributed by atoms with E-state index in [1.807, 2.05) is 0 Å². The van der Waals surface area contributed by atoms with Crippen molar-refractivity contribution in [2.75, 3.05) is 0 Å². The highest BCUT2D eigenvalue weighted by Gasteiger charge is 2.27. The van der Waals surface area contributed by atoms with Crippen LogP contribution in [0.15, 0.2) is 18.2 Å². The van der Waals surface area contributed by atoms with Crippen molar-refractivity contribution < 1.29 is 9.72 Å². The van der Waals surface area contributed by atoms with E-state index in [2.05, 4.69) is 0 Å². The summed E-state index contributed by atoms with van der Waals surface area (Å²) in [7, 11) is 0. The predicted molar refractivity (Wildman–Crippen MR) is 64.2 cm³/mol. The number of hydrogen-bond acceptors (Lipinski definition) is 3. The van der Waals surface area contributed by atoms with Crippen LogP contribution in [-0.4, -0.2) is 10.7 Å². The third-order valence-electron chi connectivity index (χ3n) is 3.14. The minimum absolute atomic E-state index is 0.0113. The van der Waals surface area contributed by atoms with Crippen LogP contribution in [0.4, 0.5) is 5.69 Å². The van der Waals surface area contributed by atoms with E-state index in [0.717, 1.165) is 12.8 Å². The summed E-state index contributed by atoms with van der Waals surface area (Å²) in [5, 5.41) is 11.2. The summed E-state index contributed by atoms with van der Waals surface area (Å²) in [5.41, 5.74) is 0.608. The molecule has 1 unspecified atom stereocenters. The van der Waals surface area contributed by atoms with Crippen LogP contribution in [-0.2, 0) is 11.2 Å². The zero-order valence-electron chi connectivity index (χ0n) is 9.19. The molecule has 0 aliphatic heterocycles. The minimum Gasteiger partial charge on any atom is -0.299 e. The Morgan fingerprint density at radius 2 is 2.24 bits per heavy atom. The van der Waals surface area contributed by atoms with Crippen LogP contribution in [0.2, 0.25) is 5.02 Å². The predicted octanol–water partition coefficient (Wildman–Crippen LogP) is 3.16. The summed E-state index contributed by atoms with van der Waals surface area (Å²) in [6.45, 7) is 0. The van der Waals surface area contributed by atoms with Gasteiger partial charge in [-0.05, 0) is 25.3 Å². The molecule has 1 fully saturated rings. The van der Waals surface area contributed by atoms with Gasteiger partial charge in [0, 0.05) is 29.0 Å². The van der Waals surface area contributed by atoms with Gasteiger partial charge in [-0.25, -0.2) is 0 Å². The van der Waals surface area contributed by atoms with Crippen LogP contribution < -0.4 is 0 Å². The number of nitrogens with zero attached hydrogens (tertiary/aromatic N) is 1. The van der Waals surface area contributed by atoms with Gasteiger partial charge in [0.25, 0.3) is 5.69 Å². The van der Waals surface area contributed by atoms with Crippen LogP contribution in [0.5, 0.6) is 0 Å². The molecule has 4 nitrogen and oxygen atoms in total. The number of ketones is 1. The van der Waals surface area contributed by atoms with Crippen LogP contribution in [0, 0.1) is 16.0 Å². The number of nitro benzene ring substituents is 1. The summed E-state index contributed by atoms with van der Waals surface area (Å²) < 4.78 is 0. The van der Waals surface area contributed by atoms with Crippen molar-refractivity contribution in [2.24, 2.45) is 5.92 Å². The maximum absolute atomic E-state index is 11.5. The Hall–Kier alpha value is -1.42. The standard InChI is InChI=1S/C12H12ClNO3/c13-10-5-4-8(11(7-10)14(16)17)6-9-2-1-3-12(9)15/h4-5,7,9H,1-3,6H2. The number of carbonyl (C=O) groups excluding carboxylic acids is 1. The van der Waals surface area contributed by atoms with Gasteiger partial charge in [0.05, 0.1) is 4.92 Å². The maximum atomic E-state index is 11.5. The fraction of sp³-hybridized carbons (Fsp3) is 0.417. The maximum Gasteiger partial charge on any atom is 0.274 e. The minimum atomic E-state index is -0.444. The van der Waals surface area contributed by atoms with Crippen molar-refractivity contribution >= 4 is 23.1 Å². The van der Waals surface area contributed by atoms with Crippen LogP contribution in [0.1, 0.15) is 24.8 Å². The Balaban J connectivity index is 2.25. The van der Waals surface area contributed by atoms with E-state index in [9.17, 15) is 14.9 Å². The van der Waals surface area contributed by atoms with Crippen molar-refractivity contribution in [1.29, 1.82) is 0 Å². The second kappa shape index (κ2) is 4.84. The molecular formula is C12H12ClNO3. The Bertz CT molecular complexity index is 473. The van der Waals surface area contributed by atoms with Gasteiger partial charge in [0.1, 0.15) is 5.78 Å². The number of hydrogen-bond donors (Lipinski definition) is 0. The first-order chi connectivity index (χ1) is 8.08. The summed E-state index contributed by atoms with van der Waals surface area (Å²) in [6.07, 6.45) is 2.78. The van der Waals surface area contributed by atoms with Gasteiger partial charge in [0.2, 0.25) is 0 Å². The number of rotatable bonds is 3. The van der Waals surface area contributed by atoms with E-state index in [-0.39, 0.29) is 17.4 Å². The van der Waals surface area contributed by atoms with Gasteiger partial charge >= 0.3 is 0 Å². The van der Waals surface area contributed by atoms with E-state index < -0.39 is 4.92 Å². The molecule has 90 valence electrons. The molecule has 1 atom stereocenters. The lowest BCUT2D eigenvalue weighted by molar-refractivity contribution is -0.385. The third-order valence-corrected chi connectivity index (χ3v) is 3.38. The van der Waals surface area contributed by atoms with Gasteiger partial charge < -0.3 is 0 Å². The molecule has 1 aliphatic rings. The lowest BCUT2D eigenvalue weighted by Crippen LogP contribution is -2.10. The molecule has 1 saturated carbocycles. The number of halogens is 1. The topological polar surface area (TPSA) is 60.2 Å². The molecule has 1 aromatic carbocycles. The quantitative estimate of drug-likeness (QED) is 0.614. The zero-order chi connectivity index (χ0) is 12.4. The average molecular weight is 254 g/mol.